The van der Waals surface area contributed by atoms with E-state index in [4.69, 9.17) is 21.1 Å². The molecule has 7 nitrogen and oxygen atoms in total. The van der Waals surface area contributed by atoms with Crippen LogP contribution in [0.1, 0.15) is 36.5 Å². The lowest BCUT2D eigenvalue weighted by Crippen LogP contribution is -2.54. The molecule has 1 aliphatic heterocycles. The van der Waals surface area contributed by atoms with Crippen LogP contribution in [0.2, 0.25) is 5.02 Å². The van der Waals surface area contributed by atoms with Gasteiger partial charge in [-0.1, -0.05) is 67.4 Å². The molecule has 0 unspecified atom stereocenters. The van der Waals surface area contributed by atoms with Crippen molar-refractivity contribution in [2.75, 3.05) is 11.5 Å². The summed E-state index contributed by atoms with van der Waals surface area (Å²) in [5.74, 6) is -0.412. The highest BCUT2D eigenvalue weighted by molar-refractivity contribution is 6.39. The Labute approximate surface area is 243 Å². The van der Waals surface area contributed by atoms with E-state index in [1.54, 1.807) is 42.5 Å². The number of benzene rings is 4. The molecule has 1 N–H and O–H groups in total. The Hall–Kier alpha value is -4.62. The first-order valence-corrected chi connectivity index (χ1v) is 13.8. The number of hydrogen-bond acceptors (Lipinski definition) is 5. The molecule has 208 valence electrons. The summed E-state index contributed by atoms with van der Waals surface area (Å²) in [6.45, 7) is 5.02. The number of ether oxygens (including phenoxy) is 2. The zero-order valence-electron chi connectivity index (χ0n) is 22.8. The number of hydrogen-bond donors (Lipinski definition) is 1. The first-order chi connectivity index (χ1) is 19.9. The third-order valence-corrected chi connectivity index (χ3v) is 7.17. The van der Waals surface area contributed by atoms with Gasteiger partial charge in [-0.3, -0.25) is 14.9 Å². The van der Waals surface area contributed by atoms with E-state index in [1.807, 2.05) is 19.1 Å². The van der Waals surface area contributed by atoms with Gasteiger partial charge in [0.1, 0.15) is 23.7 Å². The number of carbonyl (C=O) groups excluding carboxylic acids is 3. The molecular formula is C33H29ClN2O5. The van der Waals surface area contributed by atoms with Gasteiger partial charge in [-0.15, -0.1) is 0 Å². The van der Waals surface area contributed by atoms with Crippen molar-refractivity contribution in [1.82, 2.24) is 5.32 Å². The molecule has 1 saturated heterocycles. The summed E-state index contributed by atoms with van der Waals surface area (Å²) in [7, 11) is 0. The van der Waals surface area contributed by atoms with Crippen molar-refractivity contribution >= 4 is 52.0 Å². The van der Waals surface area contributed by atoms with Crippen LogP contribution in [-0.2, 0) is 16.2 Å². The highest BCUT2D eigenvalue weighted by Crippen LogP contribution is 2.30. The van der Waals surface area contributed by atoms with Crippen LogP contribution >= 0.6 is 11.6 Å². The summed E-state index contributed by atoms with van der Waals surface area (Å²) in [5.41, 5.74) is 2.82. The number of barbiturate groups is 1. The van der Waals surface area contributed by atoms with E-state index in [-0.39, 0.29) is 5.57 Å². The van der Waals surface area contributed by atoms with E-state index in [9.17, 15) is 14.4 Å². The molecule has 0 aliphatic carbocycles. The molecule has 41 heavy (non-hydrogen) atoms. The quantitative estimate of drug-likeness (QED) is 0.131. The number of aryl methyl sites for hydroxylation is 1. The molecule has 4 amide bonds. The number of nitrogens with zero attached hydrogens (tertiary/aromatic N) is 1. The van der Waals surface area contributed by atoms with E-state index in [2.05, 4.69) is 36.5 Å². The van der Waals surface area contributed by atoms with E-state index in [0.717, 1.165) is 39.6 Å². The summed E-state index contributed by atoms with van der Waals surface area (Å²) < 4.78 is 11.7. The minimum absolute atomic E-state index is 0.191. The van der Waals surface area contributed by atoms with Crippen molar-refractivity contribution in [2.45, 2.75) is 33.3 Å². The second-order valence-corrected chi connectivity index (χ2v) is 10.1. The molecule has 4 aromatic carbocycles. The third-order valence-electron chi connectivity index (χ3n) is 6.88. The average molecular weight is 569 g/mol. The van der Waals surface area contributed by atoms with Crippen LogP contribution in [0, 0.1) is 6.92 Å². The van der Waals surface area contributed by atoms with E-state index in [1.165, 1.54) is 6.08 Å². The van der Waals surface area contributed by atoms with Crippen molar-refractivity contribution in [3.63, 3.8) is 0 Å². The minimum atomic E-state index is -0.817. The summed E-state index contributed by atoms with van der Waals surface area (Å²) in [6, 6.07) is 23.0. The predicted octanol–water partition coefficient (Wildman–Crippen LogP) is 7.23. The molecule has 4 aromatic rings. The SMILES string of the molecule is CCCCOc1ccc(N2C(=O)NC(=O)/C(=C/c3ccc(OCc4c(C)ccc5ccccc45)c(Cl)c3)C2=O)cc1. The van der Waals surface area contributed by atoms with E-state index >= 15 is 0 Å². The average Bonchev–Trinajstić information content (AvgIpc) is 2.96. The highest BCUT2D eigenvalue weighted by Gasteiger charge is 2.36. The van der Waals surface area contributed by atoms with Crippen LogP contribution in [0.5, 0.6) is 11.5 Å². The molecule has 0 atom stereocenters. The second kappa shape index (κ2) is 12.3. The van der Waals surface area contributed by atoms with Gasteiger partial charge in [0.2, 0.25) is 0 Å². The van der Waals surface area contributed by atoms with Crippen LogP contribution in [0.4, 0.5) is 10.5 Å². The summed E-state index contributed by atoms with van der Waals surface area (Å²) in [6.07, 6.45) is 3.34. The molecule has 0 bridgehead atoms. The maximum atomic E-state index is 13.3. The normalized spacial score (nSPS) is 14.5. The zero-order valence-corrected chi connectivity index (χ0v) is 23.5. The first-order valence-electron chi connectivity index (χ1n) is 13.4. The Bertz CT molecular complexity index is 1660. The van der Waals surface area contributed by atoms with Gasteiger partial charge in [-0.05, 0) is 77.7 Å². The fraction of sp³-hybridized carbons (Fsp3) is 0.182. The number of rotatable bonds is 9. The second-order valence-electron chi connectivity index (χ2n) is 9.71. The zero-order chi connectivity index (χ0) is 28.9. The van der Waals surface area contributed by atoms with Gasteiger partial charge >= 0.3 is 6.03 Å². The standard InChI is InChI=1S/C33H29ClN2O5/c1-3-4-17-40-25-14-12-24(13-15-25)36-32(38)27(31(37)35-33(36)39)18-22-10-16-30(29(34)19-22)41-20-28-21(2)9-11-23-7-5-6-8-26(23)28/h5-16,18-19H,3-4,17,20H2,1-2H3,(H,35,37,39)/b27-18-. The number of anilines is 1. The summed E-state index contributed by atoms with van der Waals surface area (Å²) in [5, 5.41) is 4.81. The molecule has 0 spiro atoms. The van der Waals surface area contributed by atoms with Gasteiger partial charge in [-0.2, -0.15) is 0 Å². The van der Waals surface area contributed by atoms with Crippen LogP contribution in [0.3, 0.4) is 0 Å². The molecule has 0 radical (unpaired) electrons. The van der Waals surface area contributed by atoms with Crippen LogP contribution < -0.4 is 19.7 Å². The summed E-state index contributed by atoms with van der Waals surface area (Å²) >= 11 is 6.54. The lowest BCUT2D eigenvalue weighted by Gasteiger charge is -2.26. The van der Waals surface area contributed by atoms with Gasteiger partial charge in [0.05, 0.1) is 17.3 Å². The smallest absolute Gasteiger partial charge is 0.335 e. The molecular weight excluding hydrogens is 540 g/mol. The number of nitrogens with one attached hydrogen (secondary N) is 1. The fourth-order valence-corrected chi connectivity index (χ4v) is 4.84. The largest absolute Gasteiger partial charge is 0.494 e. The number of amides is 4. The molecule has 1 aliphatic rings. The Morgan fingerprint density at radius 3 is 2.46 bits per heavy atom. The van der Waals surface area contributed by atoms with Gasteiger partial charge in [0, 0.05) is 5.56 Å². The van der Waals surface area contributed by atoms with Gasteiger partial charge in [0.15, 0.2) is 0 Å². The van der Waals surface area contributed by atoms with Crippen LogP contribution in [-0.4, -0.2) is 24.5 Å². The molecule has 0 aromatic heterocycles. The molecule has 8 heteroatoms. The number of unbranched alkanes of at least 4 members (excludes halogenated alkanes) is 1. The number of fused-ring (bicyclic) bond motifs is 1. The fourth-order valence-electron chi connectivity index (χ4n) is 4.59. The molecule has 1 fully saturated rings. The van der Waals surface area contributed by atoms with Crippen LogP contribution in [0.25, 0.3) is 16.8 Å². The van der Waals surface area contributed by atoms with Crippen molar-refractivity contribution < 1.29 is 23.9 Å². The predicted molar refractivity (Wildman–Crippen MR) is 160 cm³/mol. The third kappa shape index (κ3) is 6.10. The molecule has 0 saturated carbocycles. The van der Waals surface area contributed by atoms with Crippen LogP contribution in [0.15, 0.2) is 84.4 Å². The Morgan fingerprint density at radius 1 is 0.927 bits per heavy atom. The topological polar surface area (TPSA) is 84.9 Å². The number of urea groups is 1. The van der Waals surface area contributed by atoms with Gasteiger partial charge in [-0.25, -0.2) is 9.69 Å². The van der Waals surface area contributed by atoms with Crippen molar-refractivity contribution in [3.05, 3.63) is 106 Å². The first kappa shape index (κ1) is 27.9. The maximum absolute atomic E-state index is 13.3. The maximum Gasteiger partial charge on any atom is 0.335 e. The minimum Gasteiger partial charge on any atom is -0.494 e. The van der Waals surface area contributed by atoms with Gasteiger partial charge < -0.3 is 9.47 Å². The van der Waals surface area contributed by atoms with Crippen molar-refractivity contribution in [3.8, 4) is 11.5 Å². The highest BCUT2D eigenvalue weighted by atomic mass is 35.5. The van der Waals surface area contributed by atoms with E-state index in [0.29, 0.717) is 41.0 Å². The number of carbonyl (C=O) groups is 3. The van der Waals surface area contributed by atoms with Crippen molar-refractivity contribution in [2.24, 2.45) is 0 Å². The Morgan fingerprint density at radius 2 is 1.71 bits per heavy atom. The Kier molecular flexibility index (Phi) is 8.36. The summed E-state index contributed by atoms with van der Waals surface area (Å²) in [4.78, 5) is 39.4. The lowest BCUT2D eigenvalue weighted by molar-refractivity contribution is -0.122. The Balaban J connectivity index is 1.33. The number of halogens is 1. The van der Waals surface area contributed by atoms with Crippen molar-refractivity contribution in [1.29, 1.82) is 0 Å². The van der Waals surface area contributed by atoms with E-state index < -0.39 is 17.8 Å². The lowest BCUT2D eigenvalue weighted by atomic mass is 10.0. The molecule has 1 heterocycles. The number of imide groups is 2. The monoisotopic (exact) mass is 568 g/mol. The van der Waals surface area contributed by atoms with Gasteiger partial charge in [0.25, 0.3) is 11.8 Å². The molecule has 5 rings (SSSR count).